The van der Waals surface area contributed by atoms with Gasteiger partial charge in [-0.2, -0.15) is 5.10 Å². The number of hydrogen-bond acceptors (Lipinski definition) is 7. The second-order valence-electron chi connectivity index (χ2n) is 7.82. The number of carbonyl (C=O) groups excluding carboxylic acids is 3. The van der Waals surface area contributed by atoms with Crippen molar-refractivity contribution in [3.05, 3.63) is 30.2 Å². The quantitative estimate of drug-likeness (QED) is 0.594. The van der Waals surface area contributed by atoms with E-state index >= 15 is 0 Å². The molecule has 4 amide bonds. The molecule has 5 heterocycles. The molecule has 0 saturated carbocycles. The second-order valence-corrected chi connectivity index (χ2v) is 7.82. The van der Waals surface area contributed by atoms with Crippen molar-refractivity contribution in [1.29, 1.82) is 0 Å². The number of urea groups is 1. The van der Waals surface area contributed by atoms with Crippen LogP contribution in [0.4, 0.5) is 10.5 Å². The van der Waals surface area contributed by atoms with Crippen molar-refractivity contribution in [2.75, 3.05) is 11.4 Å². The summed E-state index contributed by atoms with van der Waals surface area (Å²) in [6.45, 7) is 4.31. The highest BCUT2D eigenvalue weighted by Crippen LogP contribution is 2.46. The molecule has 5 rings (SSSR count). The number of aromatic nitrogens is 3. The average Bonchev–Trinajstić information content (AvgIpc) is 3.20. The number of H-pyrrole nitrogens is 1. The van der Waals surface area contributed by atoms with Crippen LogP contribution in [0.2, 0.25) is 0 Å². The maximum atomic E-state index is 13.1. The van der Waals surface area contributed by atoms with E-state index in [2.05, 4.69) is 25.8 Å². The zero-order valence-electron chi connectivity index (χ0n) is 15.9. The number of nitrogens with zero attached hydrogens (tertiary/aromatic N) is 3. The lowest BCUT2D eigenvalue weighted by Crippen LogP contribution is -2.75. The van der Waals surface area contributed by atoms with E-state index in [-0.39, 0.29) is 12.5 Å². The van der Waals surface area contributed by atoms with E-state index < -0.39 is 35.4 Å². The summed E-state index contributed by atoms with van der Waals surface area (Å²) in [7, 11) is 0. The number of carbonyl (C=O) groups is 3. The molecule has 1 spiro atoms. The highest BCUT2D eigenvalue weighted by atomic mass is 16.5. The monoisotopic (exact) mass is 396 g/mol. The number of pyridine rings is 1. The van der Waals surface area contributed by atoms with Crippen LogP contribution in [0, 0.1) is 5.41 Å². The van der Waals surface area contributed by atoms with Gasteiger partial charge in [-0.25, -0.2) is 4.79 Å². The summed E-state index contributed by atoms with van der Waals surface area (Å²) >= 11 is 0. The van der Waals surface area contributed by atoms with E-state index in [0.29, 0.717) is 12.2 Å². The molecule has 10 heteroatoms. The molecule has 0 bridgehead atoms. The first-order chi connectivity index (χ1) is 13.9. The highest BCUT2D eigenvalue weighted by molar-refractivity contribution is 6.20. The summed E-state index contributed by atoms with van der Waals surface area (Å²) in [5, 5.41) is 11.3. The summed E-state index contributed by atoms with van der Waals surface area (Å²) < 4.78 is 5.98. The van der Waals surface area contributed by atoms with E-state index in [0.717, 1.165) is 16.8 Å². The Morgan fingerprint density at radius 3 is 2.62 bits per heavy atom. The molecule has 0 aromatic carbocycles. The van der Waals surface area contributed by atoms with Crippen molar-refractivity contribution in [2.45, 2.75) is 38.5 Å². The van der Waals surface area contributed by atoms with Crippen LogP contribution in [0.1, 0.15) is 19.4 Å². The van der Waals surface area contributed by atoms with Crippen molar-refractivity contribution >= 4 is 23.5 Å². The minimum Gasteiger partial charge on any atom is -0.372 e. The number of fused-ring (bicyclic) bond motifs is 4. The number of rotatable bonds is 1. The molecule has 3 aliphatic heterocycles. The van der Waals surface area contributed by atoms with Gasteiger partial charge in [0.15, 0.2) is 5.41 Å². The number of hydrogen-bond donors (Lipinski definition) is 3. The number of barbiturate groups is 1. The molecule has 3 N–H and O–H groups in total. The predicted octanol–water partition coefficient (Wildman–Crippen LogP) is 0.362. The summed E-state index contributed by atoms with van der Waals surface area (Å²) in [6.07, 6.45) is 4.82. The van der Waals surface area contributed by atoms with Gasteiger partial charge in [0, 0.05) is 24.7 Å². The predicted molar refractivity (Wildman–Crippen MR) is 101 cm³/mol. The molecule has 10 nitrogen and oxygen atoms in total. The Morgan fingerprint density at radius 2 is 1.93 bits per heavy atom. The molecule has 2 saturated heterocycles. The Bertz CT molecular complexity index is 1000. The van der Waals surface area contributed by atoms with Gasteiger partial charge in [-0.15, -0.1) is 0 Å². The standard InChI is InChI=1S/C19H20N6O4/c1-9-8-25-14-7-20-13(12-5-21-22-6-12)3-11(14)4-19(15(25)10(2)29-9)16(26)23-18(28)24-17(19)27/h3,5-7,9-10,15H,4,8H2,1-2H3,(H,21,22)(H2,23,24,26,27,28)/t9-,10+,15-/m1/s1. The lowest BCUT2D eigenvalue weighted by Gasteiger charge is -2.55. The van der Waals surface area contributed by atoms with Gasteiger partial charge in [0.1, 0.15) is 0 Å². The maximum absolute atomic E-state index is 13.1. The fourth-order valence-electron chi connectivity index (χ4n) is 4.88. The third-order valence-electron chi connectivity index (χ3n) is 5.99. The van der Waals surface area contributed by atoms with E-state index in [1.165, 1.54) is 0 Å². The van der Waals surface area contributed by atoms with Gasteiger partial charge in [-0.3, -0.25) is 30.3 Å². The van der Waals surface area contributed by atoms with E-state index in [4.69, 9.17) is 4.74 Å². The molecule has 3 aliphatic rings. The van der Waals surface area contributed by atoms with Crippen LogP contribution < -0.4 is 15.5 Å². The lowest BCUT2D eigenvalue weighted by molar-refractivity contribution is -0.153. The zero-order chi connectivity index (χ0) is 20.3. The summed E-state index contributed by atoms with van der Waals surface area (Å²) in [6, 6.07) is 0.523. The van der Waals surface area contributed by atoms with E-state index in [1.54, 1.807) is 18.6 Å². The Morgan fingerprint density at radius 1 is 1.17 bits per heavy atom. The van der Waals surface area contributed by atoms with Crippen LogP contribution in [-0.4, -0.2) is 57.8 Å². The highest BCUT2D eigenvalue weighted by Gasteiger charge is 2.62. The maximum Gasteiger partial charge on any atom is 0.328 e. The van der Waals surface area contributed by atoms with Gasteiger partial charge < -0.3 is 9.64 Å². The second kappa shape index (κ2) is 6.11. The van der Waals surface area contributed by atoms with Crippen molar-refractivity contribution in [2.24, 2.45) is 5.41 Å². The molecular weight excluding hydrogens is 376 g/mol. The van der Waals surface area contributed by atoms with Gasteiger partial charge in [0.2, 0.25) is 11.8 Å². The largest absolute Gasteiger partial charge is 0.372 e. The third kappa shape index (κ3) is 2.48. The fourth-order valence-corrected chi connectivity index (χ4v) is 4.88. The van der Waals surface area contributed by atoms with Crippen LogP contribution in [0.25, 0.3) is 11.3 Å². The number of anilines is 1. The SMILES string of the molecule is C[C@@H]1CN2c3cnc(-c4cn[nH]c4)cc3CC3(C(=O)NC(=O)NC3=O)[C@H]2[C@H](C)O1. The summed E-state index contributed by atoms with van der Waals surface area (Å²) in [4.78, 5) is 44.5. The van der Waals surface area contributed by atoms with Gasteiger partial charge in [0.25, 0.3) is 0 Å². The zero-order valence-corrected chi connectivity index (χ0v) is 15.9. The Kier molecular flexibility index (Phi) is 3.75. The van der Waals surface area contributed by atoms with Gasteiger partial charge in [0.05, 0.1) is 42.0 Å². The Labute approximate surface area is 166 Å². The van der Waals surface area contributed by atoms with Crippen LogP contribution in [-0.2, 0) is 20.7 Å². The minimum absolute atomic E-state index is 0.0888. The number of amides is 4. The number of nitrogens with one attached hydrogen (secondary N) is 3. The number of ether oxygens (including phenoxy) is 1. The summed E-state index contributed by atoms with van der Waals surface area (Å²) in [5.74, 6) is -1.20. The minimum atomic E-state index is -1.48. The van der Waals surface area contributed by atoms with Crippen LogP contribution in [0.5, 0.6) is 0 Å². The Balaban J connectivity index is 1.69. The molecule has 0 aliphatic carbocycles. The molecule has 150 valence electrons. The first-order valence-corrected chi connectivity index (χ1v) is 9.47. The molecule has 0 radical (unpaired) electrons. The molecule has 2 aromatic rings. The smallest absolute Gasteiger partial charge is 0.328 e. The van der Waals surface area contributed by atoms with Gasteiger partial charge >= 0.3 is 6.03 Å². The van der Waals surface area contributed by atoms with E-state index in [9.17, 15) is 14.4 Å². The van der Waals surface area contributed by atoms with Crippen molar-refractivity contribution < 1.29 is 19.1 Å². The van der Waals surface area contributed by atoms with Gasteiger partial charge in [-0.05, 0) is 25.5 Å². The van der Waals surface area contributed by atoms with Crippen LogP contribution >= 0.6 is 0 Å². The molecule has 3 atom stereocenters. The topological polar surface area (TPSA) is 129 Å². The van der Waals surface area contributed by atoms with Crippen LogP contribution in [0.3, 0.4) is 0 Å². The van der Waals surface area contributed by atoms with Gasteiger partial charge in [-0.1, -0.05) is 0 Å². The molecule has 2 fully saturated rings. The third-order valence-corrected chi connectivity index (χ3v) is 5.99. The number of morpholine rings is 1. The van der Waals surface area contributed by atoms with E-state index in [1.807, 2.05) is 24.8 Å². The summed E-state index contributed by atoms with van der Waals surface area (Å²) in [5.41, 5.74) is 1.70. The van der Waals surface area contributed by atoms with Crippen molar-refractivity contribution in [3.8, 4) is 11.3 Å². The molecule has 0 unspecified atom stereocenters. The molecule has 29 heavy (non-hydrogen) atoms. The number of imide groups is 2. The van der Waals surface area contributed by atoms with Crippen molar-refractivity contribution in [3.63, 3.8) is 0 Å². The fraction of sp³-hybridized carbons (Fsp3) is 0.421. The average molecular weight is 396 g/mol. The molecule has 2 aromatic heterocycles. The first kappa shape index (κ1) is 17.8. The normalized spacial score (nSPS) is 27.9. The van der Waals surface area contributed by atoms with Crippen molar-refractivity contribution in [1.82, 2.24) is 25.8 Å². The molecular formula is C19H20N6O4. The van der Waals surface area contributed by atoms with Crippen LogP contribution in [0.15, 0.2) is 24.7 Å². The Hall–Kier alpha value is -3.27. The number of aromatic amines is 1. The lowest BCUT2D eigenvalue weighted by atomic mass is 9.66. The first-order valence-electron chi connectivity index (χ1n) is 9.47.